The van der Waals surface area contributed by atoms with Crippen molar-refractivity contribution in [2.24, 2.45) is 0 Å². The third-order valence-corrected chi connectivity index (χ3v) is 4.56. The lowest BCUT2D eigenvalue weighted by Crippen LogP contribution is -2.36. The van der Waals surface area contributed by atoms with Gasteiger partial charge in [0, 0.05) is 31.0 Å². The summed E-state index contributed by atoms with van der Waals surface area (Å²) in [5, 5.41) is 4.84. The van der Waals surface area contributed by atoms with E-state index < -0.39 is 23.9 Å². The minimum atomic E-state index is -4.80. The summed E-state index contributed by atoms with van der Waals surface area (Å²) in [5.41, 5.74) is 2.30. The second-order valence-corrected chi connectivity index (χ2v) is 6.80. The smallest absolute Gasteiger partial charge is 0.406 e. The highest BCUT2D eigenvalue weighted by Crippen LogP contribution is 2.24. The van der Waals surface area contributed by atoms with E-state index in [0.717, 1.165) is 36.5 Å². The fourth-order valence-corrected chi connectivity index (χ4v) is 3.02. The van der Waals surface area contributed by atoms with Crippen molar-refractivity contribution < 1.29 is 32.2 Å². The van der Waals surface area contributed by atoms with Crippen molar-refractivity contribution >= 4 is 23.2 Å². The Morgan fingerprint density at radius 2 is 1.61 bits per heavy atom. The number of amides is 2. The molecule has 0 saturated carbocycles. The molecule has 7 nitrogen and oxygen atoms in total. The Labute approximate surface area is 177 Å². The highest BCUT2D eigenvalue weighted by Gasteiger charge is 2.31. The second-order valence-electron chi connectivity index (χ2n) is 6.80. The van der Waals surface area contributed by atoms with Gasteiger partial charge >= 0.3 is 18.2 Å². The van der Waals surface area contributed by atoms with Crippen molar-refractivity contribution in [3.05, 3.63) is 54.1 Å². The molecule has 3 rings (SSSR count). The summed E-state index contributed by atoms with van der Waals surface area (Å²) in [6.07, 6.45) is -4.25. The lowest BCUT2D eigenvalue weighted by Gasteiger charge is -2.28. The van der Waals surface area contributed by atoms with E-state index in [1.807, 2.05) is 24.3 Å². The van der Waals surface area contributed by atoms with Crippen LogP contribution in [0.3, 0.4) is 0 Å². The number of anilines is 2. The molecule has 2 aromatic carbocycles. The van der Waals surface area contributed by atoms with Crippen LogP contribution in [0.2, 0.25) is 0 Å². The van der Waals surface area contributed by atoms with Crippen LogP contribution in [0.4, 0.5) is 24.5 Å². The number of morpholine rings is 1. The molecule has 0 aromatic heterocycles. The van der Waals surface area contributed by atoms with Gasteiger partial charge in [-0.3, -0.25) is 9.59 Å². The number of hydrogen-bond donors (Lipinski definition) is 2. The Morgan fingerprint density at radius 3 is 2.23 bits per heavy atom. The van der Waals surface area contributed by atoms with Crippen LogP contribution >= 0.6 is 0 Å². The minimum Gasteiger partial charge on any atom is -0.406 e. The van der Waals surface area contributed by atoms with Crippen LogP contribution in [0.1, 0.15) is 5.56 Å². The Bertz CT molecular complexity index is 880. The first kappa shape index (κ1) is 22.4. The molecule has 1 fully saturated rings. The van der Waals surface area contributed by atoms with E-state index in [1.165, 1.54) is 12.1 Å². The monoisotopic (exact) mass is 437 g/mol. The average Bonchev–Trinajstić information content (AvgIpc) is 2.75. The fourth-order valence-electron chi connectivity index (χ4n) is 3.02. The van der Waals surface area contributed by atoms with Gasteiger partial charge in [-0.05, 0) is 48.4 Å². The zero-order valence-corrected chi connectivity index (χ0v) is 16.6. The summed E-state index contributed by atoms with van der Waals surface area (Å²) in [4.78, 5) is 26.1. The first-order chi connectivity index (χ1) is 14.8. The van der Waals surface area contributed by atoms with Gasteiger partial charge in [-0.15, -0.1) is 13.2 Å². The predicted molar refractivity (Wildman–Crippen MR) is 108 cm³/mol. The molecule has 0 aliphatic carbocycles. The van der Waals surface area contributed by atoms with Crippen LogP contribution in [0.15, 0.2) is 48.5 Å². The Hall–Kier alpha value is -3.27. The average molecular weight is 437 g/mol. The van der Waals surface area contributed by atoms with Gasteiger partial charge in [-0.2, -0.15) is 0 Å². The largest absolute Gasteiger partial charge is 0.573 e. The maximum absolute atomic E-state index is 12.2. The molecule has 10 heteroatoms. The number of rotatable bonds is 6. The zero-order valence-electron chi connectivity index (χ0n) is 16.6. The molecule has 2 amide bonds. The molecular formula is C21H22F3N3O4. The van der Waals surface area contributed by atoms with Gasteiger partial charge in [-0.25, -0.2) is 0 Å². The molecular weight excluding hydrogens is 415 g/mol. The highest BCUT2D eigenvalue weighted by molar-refractivity contribution is 6.39. The maximum Gasteiger partial charge on any atom is 0.573 e. The Morgan fingerprint density at radius 1 is 0.968 bits per heavy atom. The van der Waals surface area contributed by atoms with E-state index in [1.54, 1.807) is 0 Å². The molecule has 0 unspecified atom stereocenters. The molecule has 0 bridgehead atoms. The number of halogens is 3. The molecule has 0 radical (unpaired) electrons. The van der Waals surface area contributed by atoms with Crippen molar-refractivity contribution in [3.63, 3.8) is 0 Å². The predicted octanol–water partition coefficient (Wildman–Crippen LogP) is 2.72. The number of carbonyl (C=O) groups is 2. The summed E-state index contributed by atoms with van der Waals surface area (Å²) < 4.78 is 45.5. The number of hydrogen-bond acceptors (Lipinski definition) is 5. The molecule has 2 N–H and O–H groups in total. The number of benzene rings is 2. The van der Waals surface area contributed by atoms with E-state index in [2.05, 4.69) is 20.3 Å². The second kappa shape index (κ2) is 10.2. The summed E-state index contributed by atoms with van der Waals surface area (Å²) >= 11 is 0. The fraction of sp³-hybridized carbons (Fsp3) is 0.333. The lowest BCUT2D eigenvalue weighted by atomic mass is 10.1. The van der Waals surface area contributed by atoms with Crippen LogP contribution in [0.25, 0.3) is 0 Å². The van der Waals surface area contributed by atoms with E-state index in [0.29, 0.717) is 19.6 Å². The molecule has 0 atom stereocenters. The van der Waals surface area contributed by atoms with Crippen molar-refractivity contribution in [3.8, 4) is 5.75 Å². The summed E-state index contributed by atoms with van der Waals surface area (Å²) in [6.45, 7) is 3.38. The minimum absolute atomic E-state index is 0.174. The van der Waals surface area contributed by atoms with Crippen LogP contribution in [0.5, 0.6) is 5.75 Å². The van der Waals surface area contributed by atoms with Gasteiger partial charge < -0.3 is 25.0 Å². The lowest BCUT2D eigenvalue weighted by molar-refractivity contribution is -0.274. The van der Waals surface area contributed by atoms with E-state index in [9.17, 15) is 22.8 Å². The normalized spacial score (nSPS) is 14.1. The van der Waals surface area contributed by atoms with Crippen molar-refractivity contribution in [2.45, 2.75) is 12.8 Å². The highest BCUT2D eigenvalue weighted by atomic mass is 19.4. The SMILES string of the molecule is O=C(NCCc1ccc(N2CCOCC2)cc1)C(=O)Nc1ccc(OC(F)(F)F)cc1. The quantitative estimate of drug-likeness (QED) is 0.680. The summed E-state index contributed by atoms with van der Waals surface area (Å²) in [6, 6.07) is 12.5. The van der Waals surface area contributed by atoms with Gasteiger partial charge in [0.15, 0.2) is 0 Å². The van der Waals surface area contributed by atoms with Crippen LogP contribution in [-0.4, -0.2) is 51.0 Å². The Balaban J connectivity index is 1.41. The molecule has 1 heterocycles. The molecule has 166 valence electrons. The van der Waals surface area contributed by atoms with Gasteiger partial charge in [0.1, 0.15) is 5.75 Å². The molecule has 0 spiro atoms. The number of nitrogens with zero attached hydrogens (tertiary/aromatic N) is 1. The molecule has 1 aliphatic rings. The third kappa shape index (κ3) is 7.18. The first-order valence-electron chi connectivity index (χ1n) is 9.67. The van der Waals surface area contributed by atoms with E-state index in [4.69, 9.17) is 4.74 Å². The number of alkyl halides is 3. The number of nitrogens with one attached hydrogen (secondary N) is 2. The van der Waals surface area contributed by atoms with Gasteiger partial charge in [0.2, 0.25) is 0 Å². The number of ether oxygens (including phenoxy) is 2. The van der Waals surface area contributed by atoms with Crippen molar-refractivity contribution in [1.82, 2.24) is 5.32 Å². The molecule has 1 saturated heterocycles. The van der Waals surface area contributed by atoms with Crippen molar-refractivity contribution in [2.75, 3.05) is 43.1 Å². The van der Waals surface area contributed by atoms with E-state index in [-0.39, 0.29) is 12.2 Å². The molecule has 2 aromatic rings. The standard InChI is InChI=1S/C21H22F3N3O4/c22-21(23,24)31-18-7-3-16(4-8-18)26-20(29)19(28)25-10-9-15-1-5-17(6-2-15)27-11-13-30-14-12-27/h1-8H,9-14H2,(H,25,28)(H,26,29). The van der Waals surface area contributed by atoms with E-state index >= 15 is 0 Å². The van der Waals surface area contributed by atoms with Crippen LogP contribution < -0.4 is 20.3 Å². The third-order valence-electron chi connectivity index (χ3n) is 4.56. The van der Waals surface area contributed by atoms with Gasteiger partial charge in [-0.1, -0.05) is 12.1 Å². The first-order valence-corrected chi connectivity index (χ1v) is 9.67. The topological polar surface area (TPSA) is 79.9 Å². The van der Waals surface area contributed by atoms with Gasteiger partial charge in [0.25, 0.3) is 0 Å². The van der Waals surface area contributed by atoms with Crippen molar-refractivity contribution in [1.29, 1.82) is 0 Å². The number of carbonyl (C=O) groups excluding carboxylic acids is 2. The maximum atomic E-state index is 12.2. The zero-order chi connectivity index (χ0) is 22.3. The van der Waals surface area contributed by atoms with Gasteiger partial charge in [0.05, 0.1) is 13.2 Å². The molecule has 31 heavy (non-hydrogen) atoms. The van der Waals surface area contributed by atoms with Crippen LogP contribution in [0, 0.1) is 0 Å². The Kier molecular flexibility index (Phi) is 7.35. The summed E-state index contributed by atoms with van der Waals surface area (Å²) in [5.74, 6) is -2.16. The summed E-state index contributed by atoms with van der Waals surface area (Å²) in [7, 11) is 0. The van der Waals surface area contributed by atoms with Crippen LogP contribution in [-0.2, 0) is 20.7 Å². The molecule has 1 aliphatic heterocycles.